The van der Waals surface area contributed by atoms with Gasteiger partial charge in [0.15, 0.2) is 5.76 Å². The van der Waals surface area contributed by atoms with Crippen LogP contribution in [0.3, 0.4) is 0 Å². The molecule has 4 nitrogen and oxygen atoms in total. The molecule has 2 aromatic rings. The van der Waals surface area contributed by atoms with Crippen LogP contribution >= 0.6 is 11.8 Å². The number of aromatic nitrogens is 1. The minimum atomic E-state index is 0.459. The van der Waals surface area contributed by atoms with Crippen LogP contribution in [0, 0.1) is 0 Å². The quantitative estimate of drug-likeness (QED) is 0.812. The van der Waals surface area contributed by atoms with E-state index in [1.807, 2.05) is 18.2 Å². The van der Waals surface area contributed by atoms with Crippen LogP contribution in [0.5, 0.6) is 0 Å². The van der Waals surface area contributed by atoms with Crippen molar-refractivity contribution in [1.29, 1.82) is 0 Å². The molecule has 0 bridgehead atoms. The average molecular weight is 264 g/mol. The van der Waals surface area contributed by atoms with Crippen molar-refractivity contribution >= 4 is 11.8 Å². The first-order chi connectivity index (χ1) is 8.81. The molecule has 0 aliphatic heterocycles. The van der Waals surface area contributed by atoms with E-state index in [2.05, 4.69) is 17.3 Å². The summed E-state index contributed by atoms with van der Waals surface area (Å²) in [5, 5.41) is 3.99. The van der Waals surface area contributed by atoms with Gasteiger partial charge in [0.25, 0.3) is 0 Å². The lowest BCUT2D eigenvalue weighted by atomic mass is 10.2. The van der Waals surface area contributed by atoms with Crippen molar-refractivity contribution in [2.45, 2.75) is 23.8 Å². The lowest BCUT2D eigenvalue weighted by Gasteiger charge is -2.01. The Labute approximate surface area is 110 Å². The molecule has 2 N–H and O–H groups in total. The van der Waals surface area contributed by atoms with Crippen molar-refractivity contribution in [2.24, 2.45) is 5.73 Å². The first-order valence-electron chi connectivity index (χ1n) is 5.67. The van der Waals surface area contributed by atoms with Gasteiger partial charge in [-0.2, -0.15) is 0 Å². The van der Waals surface area contributed by atoms with Gasteiger partial charge in [0.1, 0.15) is 6.61 Å². The molecular formula is C13H16N2O2S. The fourth-order valence-electron chi connectivity index (χ4n) is 1.55. The van der Waals surface area contributed by atoms with Crippen molar-refractivity contribution in [2.75, 3.05) is 7.11 Å². The molecule has 1 heterocycles. The summed E-state index contributed by atoms with van der Waals surface area (Å²) in [7, 11) is 1.63. The van der Waals surface area contributed by atoms with E-state index in [1.54, 1.807) is 18.9 Å². The third-order valence-corrected chi connectivity index (χ3v) is 3.44. The van der Waals surface area contributed by atoms with Crippen LogP contribution in [-0.4, -0.2) is 12.3 Å². The van der Waals surface area contributed by atoms with Crippen LogP contribution in [0.15, 0.2) is 39.8 Å². The smallest absolute Gasteiger partial charge is 0.162 e. The third-order valence-electron chi connectivity index (χ3n) is 2.42. The zero-order valence-corrected chi connectivity index (χ0v) is 11.1. The zero-order chi connectivity index (χ0) is 12.8. The second-order valence-electron chi connectivity index (χ2n) is 3.86. The molecular weight excluding hydrogens is 248 g/mol. The van der Waals surface area contributed by atoms with E-state index < -0.39 is 0 Å². The standard InChI is InChI=1S/C13H16N2O2S/c1-16-8-12-6-11(15-17-12)9-18-13-4-2-3-10(5-13)7-14/h2-6H,7-9,14H2,1H3. The predicted molar refractivity (Wildman–Crippen MR) is 71.1 cm³/mol. The van der Waals surface area contributed by atoms with Gasteiger partial charge < -0.3 is 15.0 Å². The number of thioether (sulfide) groups is 1. The minimum Gasteiger partial charge on any atom is -0.377 e. The number of rotatable bonds is 6. The molecule has 0 radical (unpaired) electrons. The largest absolute Gasteiger partial charge is 0.377 e. The lowest BCUT2D eigenvalue weighted by molar-refractivity contribution is 0.156. The molecule has 2 rings (SSSR count). The molecule has 1 aromatic heterocycles. The van der Waals surface area contributed by atoms with E-state index >= 15 is 0 Å². The van der Waals surface area contributed by atoms with Gasteiger partial charge >= 0.3 is 0 Å². The maximum absolute atomic E-state index is 5.61. The van der Waals surface area contributed by atoms with Gasteiger partial charge in [-0.15, -0.1) is 11.8 Å². The Morgan fingerprint density at radius 2 is 2.28 bits per heavy atom. The Hall–Kier alpha value is -1.30. The van der Waals surface area contributed by atoms with Crippen molar-refractivity contribution in [3.8, 4) is 0 Å². The highest BCUT2D eigenvalue weighted by atomic mass is 32.2. The van der Waals surface area contributed by atoms with Gasteiger partial charge in [-0.25, -0.2) is 0 Å². The number of nitrogens with two attached hydrogens (primary N) is 1. The van der Waals surface area contributed by atoms with Gasteiger partial charge in [-0.1, -0.05) is 17.3 Å². The molecule has 0 aliphatic carbocycles. The van der Waals surface area contributed by atoms with Crippen LogP contribution in [0.4, 0.5) is 0 Å². The number of hydrogen-bond acceptors (Lipinski definition) is 5. The Kier molecular flexibility index (Phi) is 4.81. The van der Waals surface area contributed by atoms with Crippen LogP contribution in [0.1, 0.15) is 17.0 Å². The van der Waals surface area contributed by atoms with Crippen LogP contribution in [0.25, 0.3) is 0 Å². The number of nitrogens with zero attached hydrogens (tertiary/aromatic N) is 1. The number of hydrogen-bond donors (Lipinski definition) is 1. The summed E-state index contributed by atoms with van der Waals surface area (Å²) in [4.78, 5) is 1.19. The number of benzene rings is 1. The van der Waals surface area contributed by atoms with Crippen molar-refractivity contribution < 1.29 is 9.26 Å². The van der Waals surface area contributed by atoms with Gasteiger partial charge in [0.05, 0.1) is 5.69 Å². The van der Waals surface area contributed by atoms with Crippen molar-refractivity contribution in [3.05, 3.63) is 47.3 Å². The normalized spacial score (nSPS) is 10.8. The summed E-state index contributed by atoms with van der Waals surface area (Å²) in [6, 6.07) is 10.1. The topological polar surface area (TPSA) is 61.3 Å². The van der Waals surface area contributed by atoms with Crippen molar-refractivity contribution in [1.82, 2.24) is 5.16 Å². The first-order valence-corrected chi connectivity index (χ1v) is 6.65. The van der Waals surface area contributed by atoms with E-state index in [0.29, 0.717) is 13.2 Å². The van der Waals surface area contributed by atoms with Gasteiger partial charge in [0, 0.05) is 30.4 Å². The Bertz CT molecular complexity index is 499. The summed E-state index contributed by atoms with van der Waals surface area (Å²) < 4.78 is 10.1. The van der Waals surface area contributed by atoms with E-state index in [4.69, 9.17) is 15.0 Å². The highest BCUT2D eigenvalue weighted by Gasteiger charge is 2.04. The number of ether oxygens (including phenoxy) is 1. The van der Waals surface area contributed by atoms with Crippen LogP contribution in [-0.2, 0) is 23.6 Å². The molecule has 0 amide bonds. The minimum absolute atomic E-state index is 0.459. The summed E-state index contributed by atoms with van der Waals surface area (Å²) >= 11 is 1.72. The fourth-order valence-corrected chi connectivity index (χ4v) is 2.41. The molecule has 0 spiro atoms. The van der Waals surface area contributed by atoms with Crippen LogP contribution < -0.4 is 5.73 Å². The second kappa shape index (κ2) is 6.58. The molecule has 18 heavy (non-hydrogen) atoms. The highest BCUT2D eigenvalue weighted by Crippen LogP contribution is 2.23. The van der Waals surface area contributed by atoms with E-state index in [1.165, 1.54) is 4.90 Å². The Morgan fingerprint density at radius 1 is 1.39 bits per heavy atom. The monoisotopic (exact) mass is 264 g/mol. The van der Waals surface area contributed by atoms with Crippen molar-refractivity contribution in [3.63, 3.8) is 0 Å². The molecule has 0 fully saturated rings. The molecule has 0 atom stereocenters. The molecule has 0 aliphatic rings. The Balaban J connectivity index is 1.93. The summed E-state index contributed by atoms with van der Waals surface area (Å²) in [5.74, 6) is 1.53. The Morgan fingerprint density at radius 3 is 3.06 bits per heavy atom. The molecule has 1 aromatic carbocycles. The van der Waals surface area contributed by atoms with Gasteiger partial charge in [-0.3, -0.25) is 0 Å². The maximum Gasteiger partial charge on any atom is 0.162 e. The summed E-state index contributed by atoms with van der Waals surface area (Å²) in [6.45, 7) is 1.02. The summed E-state index contributed by atoms with van der Waals surface area (Å²) in [6.07, 6.45) is 0. The third kappa shape index (κ3) is 3.60. The molecule has 0 saturated heterocycles. The highest BCUT2D eigenvalue weighted by molar-refractivity contribution is 7.98. The summed E-state index contributed by atoms with van der Waals surface area (Å²) in [5.41, 5.74) is 7.67. The van der Waals surface area contributed by atoms with E-state index in [9.17, 15) is 0 Å². The molecule has 0 saturated carbocycles. The average Bonchev–Trinajstić information content (AvgIpc) is 2.85. The lowest BCUT2D eigenvalue weighted by Crippen LogP contribution is -1.95. The number of methoxy groups -OCH3 is 1. The predicted octanol–water partition coefficient (Wildman–Crippen LogP) is 2.57. The molecule has 5 heteroatoms. The first kappa shape index (κ1) is 13.1. The van der Waals surface area contributed by atoms with Gasteiger partial charge in [-0.05, 0) is 17.7 Å². The zero-order valence-electron chi connectivity index (χ0n) is 10.3. The molecule has 96 valence electrons. The van der Waals surface area contributed by atoms with E-state index in [0.717, 1.165) is 22.8 Å². The maximum atomic E-state index is 5.61. The molecule has 0 unspecified atom stereocenters. The van der Waals surface area contributed by atoms with Crippen LogP contribution in [0.2, 0.25) is 0 Å². The second-order valence-corrected chi connectivity index (χ2v) is 4.91. The fraction of sp³-hybridized carbons (Fsp3) is 0.308. The SMILES string of the molecule is COCc1cc(CSc2cccc(CN)c2)no1. The van der Waals surface area contributed by atoms with E-state index in [-0.39, 0.29) is 0 Å². The van der Waals surface area contributed by atoms with Gasteiger partial charge in [0.2, 0.25) is 0 Å².